The van der Waals surface area contributed by atoms with Crippen LogP contribution >= 0.6 is 0 Å². The number of hydrogen-bond acceptors (Lipinski definition) is 4. The topological polar surface area (TPSA) is 84.5 Å². The second-order valence-corrected chi connectivity index (χ2v) is 6.03. The molecular weight excluding hydrogens is 308 g/mol. The Balaban J connectivity index is 2.75. The second-order valence-electron chi connectivity index (χ2n) is 6.03. The SMILES string of the molecule is COC(=O)[C@@H](CCc1ccccc1)NC(=O)[C@H](NC(C)=O)C(C)C. The highest BCUT2D eigenvalue weighted by Crippen LogP contribution is 2.08. The molecule has 0 radical (unpaired) electrons. The van der Waals surface area contributed by atoms with Gasteiger partial charge in [0.15, 0.2) is 0 Å². The number of benzene rings is 1. The summed E-state index contributed by atoms with van der Waals surface area (Å²) in [6.07, 6.45) is 1.06. The summed E-state index contributed by atoms with van der Waals surface area (Å²) in [5.41, 5.74) is 1.07. The Labute approximate surface area is 143 Å². The number of esters is 1. The first-order valence-corrected chi connectivity index (χ1v) is 8.04. The molecule has 0 aliphatic rings. The van der Waals surface area contributed by atoms with Crippen LogP contribution in [0, 0.1) is 5.92 Å². The molecule has 1 aromatic rings. The maximum atomic E-state index is 12.4. The van der Waals surface area contributed by atoms with Crippen LogP contribution in [-0.4, -0.2) is 37.0 Å². The van der Waals surface area contributed by atoms with Crippen LogP contribution in [-0.2, 0) is 25.5 Å². The molecule has 0 aliphatic carbocycles. The zero-order valence-electron chi connectivity index (χ0n) is 14.7. The van der Waals surface area contributed by atoms with Crippen molar-refractivity contribution in [3.8, 4) is 0 Å². The number of ether oxygens (including phenoxy) is 1. The van der Waals surface area contributed by atoms with Gasteiger partial charge in [-0.15, -0.1) is 0 Å². The van der Waals surface area contributed by atoms with Crippen LogP contribution < -0.4 is 10.6 Å². The number of rotatable bonds is 8. The lowest BCUT2D eigenvalue weighted by molar-refractivity contribution is -0.145. The van der Waals surface area contributed by atoms with E-state index in [0.29, 0.717) is 12.8 Å². The van der Waals surface area contributed by atoms with Gasteiger partial charge >= 0.3 is 5.97 Å². The third-order valence-electron chi connectivity index (χ3n) is 3.67. The van der Waals surface area contributed by atoms with Crippen LogP contribution in [0.25, 0.3) is 0 Å². The van der Waals surface area contributed by atoms with Gasteiger partial charge in [-0.25, -0.2) is 4.79 Å². The third kappa shape index (κ3) is 6.40. The van der Waals surface area contributed by atoms with Gasteiger partial charge in [0.2, 0.25) is 11.8 Å². The monoisotopic (exact) mass is 334 g/mol. The van der Waals surface area contributed by atoms with Crippen molar-refractivity contribution in [2.24, 2.45) is 5.92 Å². The second kappa shape index (κ2) is 9.70. The van der Waals surface area contributed by atoms with Gasteiger partial charge in [0, 0.05) is 6.92 Å². The molecule has 1 aromatic carbocycles. The minimum atomic E-state index is -0.752. The lowest BCUT2D eigenvalue weighted by Gasteiger charge is -2.24. The summed E-state index contributed by atoms with van der Waals surface area (Å²) >= 11 is 0. The Morgan fingerprint density at radius 1 is 1.08 bits per heavy atom. The van der Waals surface area contributed by atoms with E-state index in [4.69, 9.17) is 4.74 Å². The number of methoxy groups -OCH3 is 1. The fourth-order valence-electron chi connectivity index (χ4n) is 2.36. The molecule has 0 fully saturated rings. The highest BCUT2D eigenvalue weighted by molar-refractivity contribution is 5.90. The zero-order chi connectivity index (χ0) is 18.1. The smallest absolute Gasteiger partial charge is 0.328 e. The summed E-state index contributed by atoms with van der Waals surface area (Å²) in [5, 5.41) is 5.31. The first kappa shape index (κ1) is 19.7. The van der Waals surface area contributed by atoms with E-state index in [1.165, 1.54) is 14.0 Å². The fraction of sp³-hybridized carbons (Fsp3) is 0.500. The Hall–Kier alpha value is -2.37. The van der Waals surface area contributed by atoms with Crippen molar-refractivity contribution in [2.75, 3.05) is 7.11 Å². The van der Waals surface area contributed by atoms with Crippen LogP contribution in [0.2, 0.25) is 0 Å². The Morgan fingerprint density at radius 3 is 2.21 bits per heavy atom. The molecule has 0 bridgehead atoms. The first-order valence-electron chi connectivity index (χ1n) is 8.04. The van der Waals surface area contributed by atoms with Crippen LogP contribution in [0.5, 0.6) is 0 Å². The van der Waals surface area contributed by atoms with Gasteiger partial charge in [-0.3, -0.25) is 9.59 Å². The molecule has 2 N–H and O–H groups in total. The molecule has 0 heterocycles. The first-order chi connectivity index (χ1) is 11.3. The molecule has 2 atom stereocenters. The summed E-state index contributed by atoms with van der Waals surface area (Å²) in [4.78, 5) is 35.7. The van der Waals surface area contributed by atoms with E-state index in [-0.39, 0.29) is 17.7 Å². The average Bonchev–Trinajstić information content (AvgIpc) is 2.56. The normalized spacial score (nSPS) is 13.0. The number of nitrogens with one attached hydrogen (secondary N) is 2. The summed E-state index contributed by atoms with van der Waals surface area (Å²) < 4.78 is 4.78. The lowest BCUT2D eigenvalue weighted by Crippen LogP contribution is -2.53. The van der Waals surface area contributed by atoms with Gasteiger partial charge in [-0.1, -0.05) is 44.2 Å². The summed E-state index contributed by atoms with van der Waals surface area (Å²) in [6, 6.07) is 8.25. The molecule has 0 aromatic heterocycles. The predicted molar refractivity (Wildman–Crippen MR) is 91.2 cm³/mol. The van der Waals surface area contributed by atoms with Gasteiger partial charge in [-0.2, -0.15) is 0 Å². The molecule has 0 unspecified atom stereocenters. The van der Waals surface area contributed by atoms with Crippen molar-refractivity contribution >= 4 is 17.8 Å². The molecule has 0 aliphatic heterocycles. The highest BCUT2D eigenvalue weighted by Gasteiger charge is 2.28. The summed E-state index contributed by atoms with van der Waals surface area (Å²) in [6.45, 7) is 5.02. The molecule has 132 valence electrons. The molecule has 6 heteroatoms. The third-order valence-corrected chi connectivity index (χ3v) is 3.67. The van der Waals surface area contributed by atoms with Crippen molar-refractivity contribution < 1.29 is 19.1 Å². The number of carbonyl (C=O) groups excluding carboxylic acids is 3. The van der Waals surface area contributed by atoms with E-state index in [2.05, 4.69) is 10.6 Å². The van der Waals surface area contributed by atoms with Gasteiger partial charge in [0.05, 0.1) is 7.11 Å². The fourth-order valence-corrected chi connectivity index (χ4v) is 2.36. The van der Waals surface area contributed by atoms with Crippen LogP contribution in [0.15, 0.2) is 30.3 Å². The largest absolute Gasteiger partial charge is 0.467 e. The minimum Gasteiger partial charge on any atom is -0.467 e. The van der Waals surface area contributed by atoms with Crippen LogP contribution in [0.4, 0.5) is 0 Å². The Morgan fingerprint density at radius 2 is 1.71 bits per heavy atom. The van der Waals surface area contributed by atoms with Gasteiger partial charge in [0.25, 0.3) is 0 Å². The van der Waals surface area contributed by atoms with E-state index in [0.717, 1.165) is 5.56 Å². The molecule has 2 amide bonds. The number of amides is 2. The molecule has 6 nitrogen and oxygen atoms in total. The summed E-state index contributed by atoms with van der Waals surface area (Å²) in [5.74, 6) is -1.27. The van der Waals surface area contributed by atoms with Crippen molar-refractivity contribution in [3.63, 3.8) is 0 Å². The van der Waals surface area contributed by atoms with Gasteiger partial charge < -0.3 is 15.4 Å². The molecule has 1 rings (SSSR count). The number of hydrogen-bond donors (Lipinski definition) is 2. The quantitative estimate of drug-likeness (QED) is 0.705. The molecule has 0 spiro atoms. The van der Waals surface area contributed by atoms with Crippen molar-refractivity contribution in [1.82, 2.24) is 10.6 Å². The van der Waals surface area contributed by atoms with Crippen LogP contribution in [0.1, 0.15) is 32.8 Å². The van der Waals surface area contributed by atoms with E-state index in [1.54, 1.807) is 0 Å². The maximum Gasteiger partial charge on any atom is 0.328 e. The highest BCUT2D eigenvalue weighted by atomic mass is 16.5. The minimum absolute atomic E-state index is 0.0960. The zero-order valence-corrected chi connectivity index (χ0v) is 14.7. The maximum absolute atomic E-state index is 12.4. The van der Waals surface area contributed by atoms with Gasteiger partial charge in [-0.05, 0) is 24.3 Å². The standard InChI is InChI=1S/C18H26N2O4/c1-12(2)16(19-13(3)21)17(22)20-15(18(23)24-4)11-10-14-8-6-5-7-9-14/h5-9,12,15-16H,10-11H2,1-4H3,(H,19,21)(H,20,22)/t15-,16-/m1/s1. The molecule has 0 saturated heterocycles. The van der Waals surface area contributed by atoms with Crippen LogP contribution in [0.3, 0.4) is 0 Å². The van der Waals surface area contributed by atoms with Gasteiger partial charge in [0.1, 0.15) is 12.1 Å². The number of aryl methyl sites for hydroxylation is 1. The van der Waals surface area contributed by atoms with E-state index >= 15 is 0 Å². The summed E-state index contributed by atoms with van der Waals surface area (Å²) in [7, 11) is 1.29. The number of carbonyl (C=O) groups is 3. The predicted octanol–water partition coefficient (Wildman–Crippen LogP) is 1.44. The lowest BCUT2D eigenvalue weighted by atomic mass is 10.0. The molecule has 24 heavy (non-hydrogen) atoms. The van der Waals surface area contributed by atoms with Crippen molar-refractivity contribution in [2.45, 2.75) is 45.7 Å². The Bertz CT molecular complexity index is 557. The van der Waals surface area contributed by atoms with E-state index in [9.17, 15) is 14.4 Å². The molecular formula is C18H26N2O4. The molecule has 0 saturated carbocycles. The van der Waals surface area contributed by atoms with E-state index < -0.39 is 18.1 Å². The Kier molecular flexibility index (Phi) is 7.95. The van der Waals surface area contributed by atoms with E-state index in [1.807, 2.05) is 44.2 Å². The van der Waals surface area contributed by atoms with Crippen molar-refractivity contribution in [1.29, 1.82) is 0 Å². The average molecular weight is 334 g/mol. The van der Waals surface area contributed by atoms with Crippen molar-refractivity contribution in [3.05, 3.63) is 35.9 Å².